The van der Waals surface area contributed by atoms with Crippen LogP contribution in [-0.2, 0) is 0 Å². The van der Waals surface area contributed by atoms with E-state index in [4.69, 9.17) is 0 Å². The monoisotopic (exact) mass is 212 g/mol. The van der Waals surface area contributed by atoms with Gasteiger partial charge in [0.2, 0.25) is 0 Å². The zero-order chi connectivity index (χ0) is 9.64. The quantitative estimate of drug-likeness (QED) is 0.763. The Bertz CT molecular complexity index is 180. The van der Waals surface area contributed by atoms with Crippen molar-refractivity contribution in [1.29, 1.82) is 0 Å². The molecule has 3 heteroatoms. The van der Waals surface area contributed by atoms with E-state index < -0.39 is 0 Å². The predicted octanol–water partition coefficient (Wildman–Crippen LogP) is 1.69. The topological polar surface area (TPSA) is 15.3 Å². The molecule has 1 unspecified atom stereocenters. The Hall–Kier alpha value is 0.01000. The summed E-state index contributed by atoms with van der Waals surface area (Å²) in [5.41, 5.74) is 0. The summed E-state index contributed by atoms with van der Waals surface area (Å²) in [6.45, 7) is 6.16. The number of hydrogen-bond acceptors (Lipinski definition) is 3. The fourth-order valence-corrected chi connectivity index (χ4v) is 3.06. The highest BCUT2D eigenvalue weighted by Gasteiger charge is 2.12. The number of piperazine rings is 1. The number of hydrogen-bond donors (Lipinski definition) is 1. The lowest BCUT2D eigenvalue weighted by Crippen LogP contribution is -2.43. The van der Waals surface area contributed by atoms with Gasteiger partial charge in [-0.25, -0.2) is 0 Å². The molecule has 0 aromatic rings. The van der Waals surface area contributed by atoms with Gasteiger partial charge in [-0.3, -0.25) is 0 Å². The standard InChI is InChI=1S/C11H20N2S/c1(3-11-4-2-10-14-11)7-13-8-5-12-6-9-13/h2,10-12H,1,3-9H2. The van der Waals surface area contributed by atoms with E-state index >= 15 is 0 Å². The van der Waals surface area contributed by atoms with E-state index in [1.807, 2.05) is 11.8 Å². The third-order valence-electron chi connectivity index (χ3n) is 2.98. The fourth-order valence-electron chi connectivity index (χ4n) is 2.09. The van der Waals surface area contributed by atoms with Crippen LogP contribution in [0.5, 0.6) is 0 Å². The van der Waals surface area contributed by atoms with E-state index in [0.717, 1.165) is 5.25 Å². The molecule has 0 aromatic carbocycles. The van der Waals surface area contributed by atoms with Crippen LogP contribution in [-0.4, -0.2) is 42.9 Å². The van der Waals surface area contributed by atoms with Crippen LogP contribution < -0.4 is 5.32 Å². The normalized spacial score (nSPS) is 28.4. The van der Waals surface area contributed by atoms with Gasteiger partial charge in [-0.1, -0.05) is 6.08 Å². The van der Waals surface area contributed by atoms with Crippen molar-refractivity contribution in [3.63, 3.8) is 0 Å². The molecule has 2 aliphatic heterocycles. The maximum absolute atomic E-state index is 3.39. The van der Waals surface area contributed by atoms with E-state index in [1.165, 1.54) is 52.0 Å². The molecule has 0 bridgehead atoms. The summed E-state index contributed by atoms with van der Waals surface area (Å²) in [6, 6.07) is 0. The number of allylic oxidation sites excluding steroid dienone is 1. The zero-order valence-electron chi connectivity index (χ0n) is 8.74. The fraction of sp³-hybridized carbons (Fsp3) is 0.818. The molecule has 2 aliphatic rings. The van der Waals surface area contributed by atoms with Gasteiger partial charge in [0, 0.05) is 31.4 Å². The van der Waals surface area contributed by atoms with E-state index in [0.29, 0.717) is 0 Å². The Kier molecular flexibility index (Phi) is 4.35. The van der Waals surface area contributed by atoms with Crippen LogP contribution in [0.15, 0.2) is 11.5 Å². The first-order chi connectivity index (χ1) is 6.95. The molecule has 1 atom stereocenters. The van der Waals surface area contributed by atoms with Crippen molar-refractivity contribution < 1.29 is 0 Å². The minimum atomic E-state index is 0.887. The van der Waals surface area contributed by atoms with Gasteiger partial charge in [0.25, 0.3) is 0 Å². The number of nitrogens with one attached hydrogen (secondary N) is 1. The Balaban J connectivity index is 1.53. The second-order valence-electron chi connectivity index (χ2n) is 4.10. The molecule has 0 radical (unpaired) electrons. The molecule has 0 aliphatic carbocycles. The molecule has 2 heterocycles. The molecule has 1 fully saturated rings. The summed E-state index contributed by atoms with van der Waals surface area (Å²) in [6.07, 6.45) is 6.37. The van der Waals surface area contributed by atoms with Crippen LogP contribution in [0.4, 0.5) is 0 Å². The SMILES string of the molecule is C1=CSC(CCCN2CCNCC2)C1. The highest BCUT2D eigenvalue weighted by atomic mass is 32.2. The van der Waals surface area contributed by atoms with Crippen LogP contribution in [0, 0.1) is 0 Å². The first-order valence-corrected chi connectivity index (χ1v) is 6.63. The maximum atomic E-state index is 3.39. The molecular formula is C11H20N2S. The van der Waals surface area contributed by atoms with E-state index in [1.54, 1.807) is 0 Å². The van der Waals surface area contributed by atoms with Crippen molar-refractivity contribution in [3.8, 4) is 0 Å². The zero-order valence-corrected chi connectivity index (χ0v) is 9.56. The third kappa shape index (κ3) is 3.30. The minimum absolute atomic E-state index is 0.887. The van der Waals surface area contributed by atoms with Gasteiger partial charge in [-0.05, 0) is 31.2 Å². The molecule has 1 N–H and O–H groups in total. The molecule has 0 saturated carbocycles. The summed E-state index contributed by atoms with van der Waals surface area (Å²) >= 11 is 2.02. The highest BCUT2D eigenvalue weighted by molar-refractivity contribution is 8.02. The molecule has 80 valence electrons. The van der Waals surface area contributed by atoms with Crippen LogP contribution in [0.25, 0.3) is 0 Å². The van der Waals surface area contributed by atoms with Crippen molar-refractivity contribution in [1.82, 2.24) is 10.2 Å². The van der Waals surface area contributed by atoms with Crippen molar-refractivity contribution in [2.75, 3.05) is 32.7 Å². The molecule has 2 rings (SSSR count). The smallest absolute Gasteiger partial charge is 0.0124 e. The second-order valence-corrected chi connectivity index (χ2v) is 5.31. The molecular weight excluding hydrogens is 192 g/mol. The minimum Gasteiger partial charge on any atom is -0.314 e. The Labute approximate surface area is 91.1 Å². The van der Waals surface area contributed by atoms with Crippen LogP contribution >= 0.6 is 11.8 Å². The highest BCUT2D eigenvalue weighted by Crippen LogP contribution is 2.27. The summed E-state index contributed by atoms with van der Waals surface area (Å²) in [4.78, 5) is 2.59. The van der Waals surface area contributed by atoms with Gasteiger partial charge in [-0.15, -0.1) is 11.8 Å². The molecule has 14 heavy (non-hydrogen) atoms. The average Bonchev–Trinajstić information content (AvgIpc) is 2.72. The number of nitrogens with zero attached hydrogens (tertiary/aromatic N) is 1. The predicted molar refractivity (Wildman–Crippen MR) is 63.7 cm³/mol. The van der Waals surface area contributed by atoms with Crippen molar-refractivity contribution in [3.05, 3.63) is 11.5 Å². The first-order valence-electron chi connectivity index (χ1n) is 5.69. The van der Waals surface area contributed by atoms with Gasteiger partial charge >= 0.3 is 0 Å². The van der Waals surface area contributed by atoms with Crippen molar-refractivity contribution in [2.45, 2.75) is 24.5 Å². The Morgan fingerprint density at radius 2 is 2.21 bits per heavy atom. The number of thioether (sulfide) groups is 1. The third-order valence-corrected chi connectivity index (χ3v) is 4.14. The van der Waals surface area contributed by atoms with Crippen LogP contribution in [0.1, 0.15) is 19.3 Å². The van der Waals surface area contributed by atoms with Crippen LogP contribution in [0.2, 0.25) is 0 Å². The van der Waals surface area contributed by atoms with Crippen molar-refractivity contribution >= 4 is 11.8 Å². The van der Waals surface area contributed by atoms with Crippen molar-refractivity contribution in [2.24, 2.45) is 0 Å². The van der Waals surface area contributed by atoms with Crippen LogP contribution in [0.3, 0.4) is 0 Å². The van der Waals surface area contributed by atoms with E-state index in [2.05, 4.69) is 21.7 Å². The molecule has 0 amide bonds. The lowest BCUT2D eigenvalue weighted by atomic mass is 10.2. The molecule has 0 spiro atoms. The van der Waals surface area contributed by atoms with Gasteiger partial charge < -0.3 is 10.2 Å². The summed E-state index contributed by atoms with van der Waals surface area (Å²) in [7, 11) is 0. The van der Waals surface area contributed by atoms with Gasteiger partial charge in [0.05, 0.1) is 0 Å². The van der Waals surface area contributed by atoms with Gasteiger partial charge in [0.1, 0.15) is 0 Å². The van der Waals surface area contributed by atoms with E-state index in [-0.39, 0.29) is 0 Å². The average molecular weight is 212 g/mol. The second kappa shape index (κ2) is 5.79. The Morgan fingerprint density at radius 3 is 2.93 bits per heavy atom. The lowest BCUT2D eigenvalue weighted by molar-refractivity contribution is 0.236. The summed E-state index contributed by atoms with van der Waals surface area (Å²) in [5, 5.41) is 6.54. The molecule has 0 aromatic heterocycles. The van der Waals surface area contributed by atoms with Gasteiger partial charge in [-0.2, -0.15) is 0 Å². The first kappa shape index (κ1) is 10.5. The Morgan fingerprint density at radius 1 is 1.36 bits per heavy atom. The van der Waals surface area contributed by atoms with Gasteiger partial charge in [0.15, 0.2) is 0 Å². The molecule has 1 saturated heterocycles. The summed E-state index contributed by atoms with van der Waals surface area (Å²) < 4.78 is 0. The number of rotatable bonds is 4. The van der Waals surface area contributed by atoms with E-state index in [9.17, 15) is 0 Å². The lowest BCUT2D eigenvalue weighted by Gasteiger charge is -2.27. The summed E-state index contributed by atoms with van der Waals surface area (Å²) in [5.74, 6) is 0. The maximum Gasteiger partial charge on any atom is 0.0124 e. The largest absolute Gasteiger partial charge is 0.314 e. The molecule has 2 nitrogen and oxygen atoms in total.